The molecular weight excluding hydrogens is 351 g/mol. The number of benzene rings is 1. The van der Waals surface area contributed by atoms with Crippen molar-refractivity contribution in [2.45, 2.75) is 18.4 Å². The summed E-state index contributed by atoms with van der Waals surface area (Å²) in [6.45, 7) is 1.82. The molecule has 3 aromatic rings. The van der Waals surface area contributed by atoms with Crippen molar-refractivity contribution < 1.29 is 17.2 Å². The van der Waals surface area contributed by atoms with Gasteiger partial charge in [0.15, 0.2) is 0 Å². The van der Waals surface area contributed by atoms with Crippen molar-refractivity contribution in [2.24, 2.45) is 0 Å². The van der Waals surface area contributed by atoms with Crippen molar-refractivity contribution in [1.29, 1.82) is 0 Å². The Morgan fingerprint density at radius 3 is 2.58 bits per heavy atom. The van der Waals surface area contributed by atoms with E-state index in [0.717, 1.165) is 17.0 Å². The molecular formula is C16H15FN2O3S2. The Kier molecular flexibility index (Phi) is 4.53. The van der Waals surface area contributed by atoms with Gasteiger partial charge in [0.05, 0.1) is 22.0 Å². The number of hydrogen-bond donors (Lipinski definition) is 0. The average Bonchev–Trinajstić information content (AvgIpc) is 3.18. The van der Waals surface area contributed by atoms with Crippen LogP contribution < -0.4 is 0 Å². The second kappa shape index (κ2) is 6.46. The molecule has 0 N–H and O–H groups in total. The molecule has 0 aliphatic heterocycles. The fourth-order valence-corrected chi connectivity index (χ4v) is 3.94. The van der Waals surface area contributed by atoms with Gasteiger partial charge in [-0.1, -0.05) is 6.07 Å². The maximum absolute atomic E-state index is 13.0. The van der Waals surface area contributed by atoms with Crippen molar-refractivity contribution in [2.75, 3.05) is 7.05 Å². The monoisotopic (exact) mass is 366 g/mol. The number of sulfonamides is 1. The molecule has 0 unspecified atom stereocenters. The summed E-state index contributed by atoms with van der Waals surface area (Å²) in [5.41, 5.74) is 0.548. The van der Waals surface area contributed by atoms with Gasteiger partial charge in [-0.25, -0.2) is 17.8 Å². The maximum atomic E-state index is 13.0. The van der Waals surface area contributed by atoms with Crippen LogP contribution in [0.25, 0.3) is 10.8 Å². The van der Waals surface area contributed by atoms with E-state index in [2.05, 4.69) is 4.98 Å². The highest BCUT2D eigenvalue weighted by atomic mass is 32.2. The zero-order chi connectivity index (χ0) is 17.3. The van der Waals surface area contributed by atoms with Crippen LogP contribution >= 0.6 is 11.3 Å². The Labute approximate surface area is 143 Å². The number of halogens is 1. The van der Waals surface area contributed by atoms with Gasteiger partial charge in [-0.15, -0.1) is 11.3 Å². The third-order valence-corrected chi connectivity index (χ3v) is 6.19. The Balaban J connectivity index is 1.84. The summed E-state index contributed by atoms with van der Waals surface area (Å²) in [6.07, 6.45) is 0. The smallest absolute Gasteiger partial charge is 0.243 e. The van der Waals surface area contributed by atoms with Gasteiger partial charge in [0.1, 0.15) is 11.6 Å². The molecule has 0 aliphatic carbocycles. The molecule has 0 radical (unpaired) electrons. The minimum absolute atomic E-state index is 0.0334. The van der Waals surface area contributed by atoms with Gasteiger partial charge in [-0.3, -0.25) is 0 Å². The molecule has 2 heterocycles. The fraction of sp³-hybridized carbons (Fsp3) is 0.188. The standard InChI is InChI=1S/C16H15FN2O3S2/c1-11-14(18-16(22-11)15-4-3-9-23-15)10-19(2)24(20,21)13-7-5-12(17)6-8-13/h3-9H,10H2,1-2H3. The maximum Gasteiger partial charge on any atom is 0.243 e. The summed E-state index contributed by atoms with van der Waals surface area (Å²) in [5, 5.41) is 1.92. The van der Waals surface area contributed by atoms with Crippen molar-refractivity contribution in [1.82, 2.24) is 9.29 Å². The van der Waals surface area contributed by atoms with Crippen LogP contribution in [0.15, 0.2) is 51.1 Å². The second-order valence-corrected chi connectivity index (χ2v) is 8.21. The Morgan fingerprint density at radius 1 is 1.25 bits per heavy atom. The van der Waals surface area contributed by atoms with Crippen LogP contribution in [0.2, 0.25) is 0 Å². The van der Waals surface area contributed by atoms with Crippen LogP contribution in [0.4, 0.5) is 4.39 Å². The molecule has 0 amide bonds. The van der Waals surface area contributed by atoms with Crippen molar-refractivity contribution in [3.63, 3.8) is 0 Å². The van der Waals surface area contributed by atoms with Crippen LogP contribution in [0.5, 0.6) is 0 Å². The summed E-state index contributed by atoms with van der Waals surface area (Å²) in [6, 6.07) is 8.51. The quantitative estimate of drug-likeness (QED) is 0.691. The van der Waals surface area contributed by atoms with Gasteiger partial charge in [0.25, 0.3) is 0 Å². The van der Waals surface area contributed by atoms with Crippen molar-refractivity contribution >= 4 is 21.4 Å². The molecule has 0 atom stereocenters. The molecule has 126 valence electrons. The zero-order valence-corrected chi connectivity index (χ0v) is 14.7. The third-order valence-electron chi connectivity index (χ3n) is 3.52. The van der Waals surface area contributed by atoms with E-state index in [4.69, 9.17) is 4.42 Å². The molecule has 0 aliphatic rings. The summed E-state index contributed by atoms with van der Waals surface area (Å²) >= 11 is 1.50. The van der Waals surface area contributed by atoms with Crippen molar-refractivity contribution in [3.8, 4) is 10.8 Å². The normalized spacial score (nSPS) is 12.0. The molecule has 3 rings (SSSR count). The molecule has 1 aromatic carbocycles. The lowest BCUT2D eigenvalue weighted by atomic mass is 10.3. The molecule has 0 saturated carbocycles. The van der Waals surface area contributed by atoms with Crippen LogP contribution in [0.1, 0.15) is 11.5 Å². The molecule has 5 nitrogen and oxygen atoms in total. The first-order valence-corrected chi connectivity index (χ1v) is 9.42. The second-order valence-electron chi connectivity index (χ2n) is 5.21. The van der Waals surface area contributed by atoms with E-state index in [9.17, 15) is 12.8 Å². The van der Waals surface area contributed by atoms with Gasteiger partial charge in [0, 0.05) is 7.05 Å². The Morgan fingerprint density at radius 2 is 1.96 bits per heavy atom. The molecule has 0 spiro atoms. The summed E-state index contributed by atoms with van der Waals surface area (Å²) < 4.78 is 44.9. The largest absolute Gasteiger partial charge is 0.440 e. The van der Waals surface area contributed by atoms with Crippen LogP contribution in [0, 0.1) is 12.7 Å². The van der Waals surface area contributed by atoms with Crippen LogP contribution in [-0.4, -0.2) is 24.8 Å². The predicted octanol–water partition coefficient (Wildman–Crippen LogP) is 3.67. The van der Waals surface area contributed by atoms with Gasteiger partial charge < -0.3 is 4.42 Å². The first kappa shape index (κ1) is 16.8. The zero-order valence-electron chi connectivity index (χ0n) is 13.1. The predicted molar refractivity (Wildman–Crippen MR) is 89.6 cm³/mol. The molecule has 0 saturated heterocycles. The van der Waals surface area contributed by atoms with Gasteiger partial charge in [-0.05, 0) is 42.6 Å². The molecule has 0 bridgehead atoms. The number of thiophene rings is 1. The molecule has 8 heteroatoms. The first-order valence-electron chi connectivity index (χ1n) is 7.10. The average molecular weight is 366 g/mol. The molecule has 2 aromatic heterocycles. The Bertz CT molecular complexity index is 932. The summed E-state index contributed by atoms with van der Waals surface area (Å²) in [5.74, 6) is 0.564. The van der Waals surface area contributed by atoms with Gasteiger partial charge in [-0.2, -0.15) is 4.31 Å². The SMILES string of the molecule is Cc1oc(-c2cccs2)nc1CN(C)S(=O)(=O)c1ccc(F)cc1. The van der Waals surface area contributed by atoms with Gasteiger partial charge in [0.2, 0.25) is 15.9 Å². The number of rotatable bonds is 5. The van der Waals surface area contributed by atoms with E-state index in [1.807, 2.05) is 17.5 Å². The fourth-order valence-electron chi connectivity index (χ4n) is 2.16. The highest BCUT2D eigenvalue weighted by Crippen LogP contribution is 2.27. The lowest BCUT2D eigenvalue weighted by molar-refractivity contribution is 0.457. The Hall–Kier alpha value is -2.03. The third kappa shape index (κ3) is 3.26. The highest BCUT2D eigenvalue weighted by molar-refractivity contribution is 7.89. The van der Waals surface area contributed by atoms with Crippen molar-refractivity contribution in [3.05, 3.63) is 59.0 Å². The minimum Gasteiger partial charge on any atom is -0.440 e. The van der Waals surface area contributed by atoms with Gasteiger partial charge >= 0.3 is 0 Å². The lowest BCUT2D eigenvalue weighted by Crippen LogP contribution is -2.27. The number of aryl methyl sites for hydroxylation is 1. The summed E-state index contributed by atoms with van der Waals surface area (Å²) in [4.78, 5) is 5.31. The lowest BCUT2D eigenvalue weighted by Gasteiger charge is -2.16. The van der Waals surface area contributed by atoms with E-state index in [1.165, 1.54) is 34.8 Å². The number of hydrogen-bond acceptors (Lipinski definition) is 5. The van der Waals surface area contributed by atoms with Crippen LogP contribution in [0.3, 0.4) is 0 Å². The first-order chi connectivity index (χ1) is 11.4. The van der Waals surface area contributed by atoms with E-state index < -0.39 is 15.8 Å². The summed E-state index contributed by atoms with van der Waals surface area (Å²) in [7, 11) is -2.27. The number of nitrogens with zero attached hydrogens (tertiary/aromatic N) is 2. The van der Waals surface area contributed by atoms with E-state index in [-0.39, 0.29) is 11.4 Å². The minimum atomic E-state index is -3.73. The molecule has 0 fully saturated rings. The molecule has 24 heavy (non-hydrogen) atoms. The number of oxazole rings is 1. The van der Waals surface area contributed by atoms with Crippen LogP contribution in [-0.2, 0) is 16.6 Å². The topological polar surface area (TPSA) is 63.4 Å². The van der Waals surface area contributed by atoms with E-state index in [0.29, 0.717) is 17.3 Å². The number of aromatic nitrogens is 1. The van der Waals surface area contributed by atoms with E-state index >= 15 is 0 Å². The van der Waals surface area contributed by atoms with E-state index in [1.54, 1.807) is 6.92 Å². The highest BCUT2D eigenvalue weighted by Gasteiger charge is 2.23.